The summed E-state index contributed by atoms with van der Waals surface area (Å²) >= 11 is 14.5. The lowest BCUT2D eigenvalue weighted by molar-refractivity contribution is 0.0981. The van der Waals surface area contributed by atoms with Crippen molar-refractivity contribution in [1.29, 1.82) is 0 Å². The average Bonchev–Trinajstić information content (AvgIpc) is 3.68. The minimum absolute atomic E-state index is 0.0286. The molecule has 11 heteroatoms. The molecule has 0 unspecified atom stereocenters. The first-order valence-corrected chi connectivity index (χ1v) is 18.6. The zero-order chi connectivity index (χ0) is 35.1. The minimum Gasteiger partial charge on any atom is -0.489 e. The molecule has 2 heterocycles. The summed E-state index contributed by atoms with van der Waals surface area (Å²) < 4.78 is 41.2. The van der Waals surface area contributed by atoms with E-state index in [1.54, 1.807) is 48.5 Å². The summed E-state index contributed by atoms with van der Waals surface area (Å²) in [6.45, 7) is 10.4. The van der Waals surface area contributed by atoms with Gasteiger partial charge in [-0.25, -0.2) is 13.1 Å². The summed E-state index contributed by atoms with van der Waals surface area (Å²) in [5.41, 5.74) is 3.82. The van der Waals surface area contributed by atoms with E-state index in [2.05, 4.69) is 9.88 Å². The third-order valence-corrected chi connectivity index (χ3v) is 11.2. The Bertz CT molecular complexity index is 2270. The Labute approximate surface area is 299 Å². The summed E-state index contributed by atoms with van der Waals surface area (Å²) in [4.78, 5) is 14.1. The van der Waals surface area contributed by atoms with Crippen LogP contribution in [0.3, 0.4) is 0 Å². The number of ether oxygens (including phenoxy) is 1. The van der Waals surface area contributed by atoms with Gasteiger partial charge in [-0.15, -0.1) is 11.3 Å². The second-order valence-corrected chi connectivity index (χ2v) is 16.6. The second kappa shape index (κ2) is 13.6. The number of hydrogen-bond donors (Lipinski definition) is 1. The van der Waals surface area contributed by atoms with Gasteiger partial charge in [-0.2, -0.15) is 0 Å². The number of hydrogen-bond acceptors (Lipinski definition) is 7. The van der Waals surface area contributed by atoms with Crippen LogP contribution in [0.1, 0.15) is 67.8 Å². The molecule has 1 amide bonds. The van der Waals surface area contributed by atoms with Crippen molar-refractivity contribution in [2.75, 3.05) is 0 Å². The van der Waals surface area contributed by atoms with Gasteiger partial charge < -0.3 is 9.26 Å². The third-order valence-electron chi connectivity index (χ3n) is 8.08. The number of amides is 1. The predicted molar refractivity (Wildman–Crippen MR) is 197 cm³/mol. The van der Waals surface area contributed by atoms with Crippen molar-refractivity contribution in [2.24, 2.45) is 0 Å². The number of thiophene rings is 1. The Hall–Kier alpha value is -4.15. The van der Waals surface area contributed by atoms with E-state index >= 15 is 0 Å². The molecule has 0 spiro atoms. The van der Waals surface area contributed by atoms with Gasteiger partial charge in [-0.05, 0) is 82.6 Å². The molecule has 0 bridgehead atoms. The van der Waals surface area contributed by atoms with E-state index in [-0.39, 0.29) is 28.4 Å². The molecule has 0 aliphatic heterocycles. The molecule has 7 nitrogen and oxygen atoms in total. The van der Waals surface area contributed by atoms with Gasteiger partial charge in [0.25, 0.3) is 15.9 Å². The highest BCUT2D eigenvalue weighted by Crippen LogP contribution is 2.40. The van der Waals surface area contributed by atoms with Gasteiger partial charge in [0.1, 0.15) is 23.8 Å². The van der Waals surface area contributed by atoms with Gasteiger partial charge >= 0.3 is 0 Å². The van der Waals surface area contributed by atoms with Crippen LogP contribution < -0.4 is 9.46 Å². The number of fused-ring (bicyclic) bond motifs is 1. The molecular weight excluding hydrogens is 699 g/mol. The zero-order valence-corrected chi connectivity index (χ0v) is 30.7. The van der Waals surface area contributed by atoms with Gasteiger partial charge in [0, 0.05) is 26.6 Å². The first-order valence-electron chi connectivity index (χ1n) is 15.6. The maximum atomic E-state index is 13.1. The summed E-state index contributed by atoms with van der Waals surface area (Å²) in [7, 11) is -4.06. The number of nitrogens with one attached hydrogen (secondary N) is 1. The smallest absolute Gasteiger partial charge is 0.265 e. The SMILES string of the molecule is CC(C)c1onc(-c2c(Cl)cccc2Cl)c1COc1ccc2cc(-c3cccc(C(=O)NS(=O)(=O)c4ccc(C(C)(C)C)cc4)c3)sc2c1. The standard InChI is InChI=1S/C38H34Cl2N2O5S2/c1-22(2)36-29(35(41-47-36)34-30(39)10-7-11-31(34)40)21-46-27-15-12-24-19-32(48-33(24)20-27)23-8-6-9-25(18-23)37(43)42-49(44,45)28-16-13-26(14-17-28)38(3,4)5/h6-20,22H,21H2,1-5H3,(H,42,43). The van der Waals surface area contributed by atoms with Gasteiger partial charge in [0.2, 0.25) is 0 Å². The number of rotatable bonds is 9. The van der Waals surface area contributed by atoms with Crippen molar-refractivity contribution in [3.63, 3.8) is 0 Å². The van der Waals surface area contributed by atoms with Crippen molar-refractivity contribution in [3.8, 4) is 27.4 Å². The number of benzene rings is 4. The van der Waals surface area contributed by atoms with E-state index in [4.69, 9.17) is 32.5 Å². The molecule has 49 heavy (non-hydrogen) atoms. The average molecular weight is 734 g/mol. The monoisotopic (exact) mass is 732 g/mol. The van der Waals surface area contributed by atoms with E-state index in [1.807, 2.05) is 65.0 Å². The molecule has 6 rings (SSSR count). The van der Waals surface area contributed by atoms with Crippen LogP contribution in [-0.2, 0) is 22.0 Å². The Kier molecular flexibility index (Phi) is 9.66. The Morgan fingerprint density at radius 1 is 0.939 bits per heavy atom. The molecule has 252 valence electrons. The Morgan fingerprint density at radius 2 is 1.63 bits per heavy atom. The van der Waals surface area contributed by atoms with Gasteiger partial charge in [0.05, 0.1) is 20.5 Å². The fraction of sp³-hybridized carbons (Fsp3) is 0.211. The van der Waals surface area contributed by atoms with E-state index in [0.717, 1.165) is 31.7 Å². The topological polar surface area (TPSA) is 98.5 Å². The van der Waals surface area contributed by atoms with Crippen LogP contribution in [0, 0.1) is 0 Å². The molecule has 1 N–H and O–H groups in total. The normalized spacial score (nSPS) is 12.1. The maximum absolute atomic E-state index is 13.1. The van der Waals surface area contributed by atoms with Gasteiger partial charge in [-0.3, -0.25) is 4.79 Å². The number of sulfonamides is 1. The van der Waals surface area contributed by atoms with Crippen LogP contribution >= 0.6 is 34.5 Å². The fourth-order valence-corrected chi connectivity index (χ4v) is 8.06. The summed E-state index contributed by atoms with van der Waals surface area (Å²) in [5, 5.41) is 6.25. The highest BCUT2D eigenvalue weighted by atomic mass is 35.5. The quantitative estimate of drug-likeness (QED) is 0.159. The molecule has 0 saturated carbocycles. The molecule has 2 aromatic heterocycles. The molecule has 0 fully saturated rings. The van der Waals surface area contributed by atoms with E-state index in [0.29, 0.717) is 32.8 Å². The van der Waals surface area contributed by atoms with E-state index in [9.17, 15) is 13.2 Å². The number of carbonyl (C=O) groups is 1. The molecule has 0 saturated heterocycles. The van der Waals surface area contributed by atoms with E-state index < -0.39 is 15.9 Å². The summed E-state index contributed by atoms with van der Waals surface area (Å²) in [6, 6.07) is 26.6. The minimum atomic E-state index is -4.06. The lowest BCUT2D eigenvalue weighted by Crippen LogP contribution is -2.30. The number of nitrogens with zero attached hydrogens (tertiary/aromatic N) is 1. The summed E-state index contributed by atoms with van der Waals surface area (Å²) in [6.07, 6.45) is 0. The largest absolute Gasteiger partial charge is 0.489 e. The van der Waals surface area contributed by atoms with Gasteiger partial charge in [0.15, 0.2) is 0 Å². The van der Waals surface area contributed by atoms with Crippen LogP contribution in [0.2, 0.25) is 10.0 Å². The Morgan fingerprint density at radius 3 is 2.31 bits per heavy atom. The highest BCUT2D eigenvalue weighted by molar-refractivity contribution is 7.90. The Balaban J connectivity index is 1.20. The molecule has 4 aromatic carbocycles. The van der Waals surface area contributed by atoms with Crippen molar-refractivity contribution in [3.05, 3.63) is 123 Å². The van der Waals surface area contributed by atoms with Gasteiger partial charge in [-0.1, -0.05) is 93.3 Å². The van der Waals surface area contributed by atoms with Crippen molar-refractivity contribution in [1.82, 2.24) is 9.88 Å². The molecule has 0 radical (unpaired) electrons. The van der Waals surface area contributed by atoms with Crippen LogP contribution in [0.4, 0.5) is 0 Å². The van der Waals surface area contributed by atoms with Crippen molar-refractivity contribution >= 4 is 60.6 Å². The molecule has 6 aromatic rings. The van der Waals surface area contributed by atoms with Crippen LogP contribution in [0.15, 0.2) is 100 Å². The lowest BCUT2D eigenvalue weighted by Gasteiger charge is -2.19. The van der Waals surface area contributed by atoms with Crippen LogP contribution in [0.25, 0.3) is 31.8 Å². The van der Waals surface area contributed by atoms with Crippen molar-refractivity contribution < 1.29 is 22.5 Å². The first-order chi connectivity index (χ1) is 23.2. The zero-order valence-electron chi connectivity index (χ0n) is 27.5. The fourth-order valence-electron chi connectivity index (χ4n) is 5.42. The molecule has 0 atom stereocenters. The van der Waals surface area contributed by atoms with Crippen LogP contribution in [-0.4, -0.2) is 19.5 Å². The molecule has 0 aliphatic carbocycles. The highest BCUT2D eigenvalue weighted by Gasteiger charge is 2.24. The second-order valence-electron chi connectivity index (χ2n) is 13.0. The third kappa shape index (κ3) is 7.40. The van der Waals surface area contributed by atoms with Crippen LogP contribution in [0.5, 0.6) is 5.75 Å². The maximum Gasteiger partial charge on any atom is 0.265 e. The molecular formula is C38H34Cl2N2O5S2. The number of halogens is 2. The lowest BCUT2D eigenvalue weighted by atomic mass is 9.87. The predicted octanol–water partition coefficient (Wildman–Crippen LogP) is 10.6. The summed E-state index contributed by atoms with van der Waals surface area (Å²) in [5.74, 6) is 0.703. The molecule has 0 aliphatic rings. The van der Waals surface area contributed by atoms with Crippen molar-refractivity contribution in [2.45, 2.75) is 57.5 Å². The number of aromatic nitrogens is 1. The number of carbonyl (C=O) groups excluding carboxylic acids is 1. The first kappa shape index (κ1) is 34.7. The van der Waals surface area contributed by atoms with E-state index in [1.165, 1.54) is 23.5 Å².